The van der Waals surface area contributed by atoms with Crippen molar-refractivity contribution in [3.05, 3.63) is 58.4 Å². The Morgan fingerprint density at radius 1 is 1.03 bits per heavy atom. The van der Waals surface area contributed by atoms with Gasteiger partial charge in [-0.25, -0.2) is 0 Å². The molecule has 1 fully saturated rings. The highest BCUT2D eigenvalue weighted by Crippen LogP contribution is 2.33. The van der Waals surface area contributed by atoms with Gasteiger partial charge in [0.05, 0.1) is 13.2 Å². The minimum Gasteiger partial charge on any atom is -0.493 e. The van der Waals surface area contributed by atoms with E-state index in [-0.39, 0.29) is 5.56 Å². The number of ether oxygens (including phenoxy) is 2. The standard InChI is InChI=1S/C25H30N4O3/c30-23-10-8-19-9-11-24(27-25(19)26-23)32-17-2-1-12-28-13-15-29(16-14-28)21-6-3-7-22-20(21)5-4-18-31-22/h3,6-11H,1-2,4-5,12-18H2,(H,26,27,30). The van der Waals surface area contributed by atoms with Gasteiger partial charge in [0.15, 0.2) is 0 Å². The Bertz CT molecular complexity index is 1120. The van der Waals surface area contributed by atoms with Crippen molar-refractivity contribution < 1.29 is 9.47 Å². The van der Waals surface area contributed by atoms with Gasteiger partial charge in [-0.15, -0.1) is 0 Å². The van der Waals surface area contributed by atoms with Crippen LogP contribution in [0.5, 0.6) is 11.6 Å². The highest BCUT2D eigenvalue weighted by molar-refractivity contribution is 5.74. The largest absolute Gasteiger partial charge is 0.493 e. The van der Waals surface area contributed by atoms with E-state index < -0.39 is 0 Å². The highest BCUT2D eigenvalue weighted by Gasteiger charge is 2.22. The van der Waals surface area contributed by atoms with E-state index in [0.717, 1.165) is 76.1 Å². The number of H-pyrrole nitrogens is 1. The molecule has 0 unspecified atom stereocenters. The average molecular weight is 435 g/mol. The molecule has 1 aromatic carbocycles. The summed E-state index contributed by atoms with van der Waals surface area (Å²) in [4.78, 5) is 23.6. The minimum atomic E-state index is -0.150. The van der Waals surface area contributed by atoms with E-state index in [0.29, 0.717) is 18.1 Å². The Labute approximate surface area is 188 Å². The fraction of sp³-hybridized carbons (Fsp3) is 0.440. The Morgan fingerprint density at radius 2 is 1.91 bits per heavy atom. The van der Waals surface area contributed by atoms with Crippen LogP contribution in [0.4, 0.5) is 5.69 Å². The van der Waals surface area contributed by atoms with Crippen LogP contribution in [0.25, 0.3) is 11.0 Å². The van der Waals surface area contributed by atoms with E-state index in [1.807, 2.05) is 12.1 Å². The molecular formula is C25H30N4O3. The number of pyridine rings is 2. The predicted octanol–water partition coefficient (Wildman–Crippen LogP) is 3.23. The first kappa shape index (κ1) is 20.8. The molecule has 7 nitrogen and oxygen atoms in total. The summed E-state index contributed by atoms with van der Waals surface area (Å²) < 4.78 is 11.6. The van der Waals surface area contributed by atoms with Crippen molar-refractivity contribution in [1.29, 1.82) is 0 Å². The molecule has 0 saturated carbocycles. The van der Waals surface area contributed by atoms with Gasteiger partial charge in [-0.1, -0.05) is 6.07 Å². The van der Waals surface area contributed by atoms with Crippen molar-refractivity contribution in [3.63, 3.8) is 0 Å². The maximum absolute atomic E-state index is 11.5. The second kappa shape index (κ2) is 9.61. The molecule has 168 valence electrons. The molecule has 0 bridgehead atoms. The van der Waals surface area contributed by atoms with Crippen LogP contribution < -0.4 is 19.9 Å². The van der Waals surface area contributed by atoms with Crippen LogP contribution in [0.3, 0.4) is 0 Å². The van der Waals surface area contributed by atoms with Crippen LogP contribution in [0.1, 0.15) is 24.8 Å². The van der Waals surface area contributed by atoms with Crippen molar-refractivity contribution in [2.24, 2.45) is 0 Å². The van der Waals surface area contributed by atoms with Crippen LogP contribution in [0.2, 0.25) is 0 Å². The summed E-state index contributed by atoms with van der Waals surface area (Å²) >= 11 is 0. The molecule has 7 heteroatoms. The number of rotatable bonds is 7. The zero-order valence-corrected chi connectivity index (χ0v) is 18.4. The van der Waals surface area contributed by atoms with E-state index >= 15 is 0 Å². The van der Waals surface area contributed by atoms with Gasteiger partial charge in [0.25, 0.3) is 0 Å². The number of hydrogen-bond donors (Lipinski definition) is 1. The third kappa shape index (κ3) is 4.72. The number of aromatic amines is 1. The molecule has 0 spiro atoms. The lowest BCUT2D eigenvalue weighted by Crippen LogP contribution is -2.47. The minimum absolute atomic E-state index is 0.150. The van der Waals surface area contributed by atoms with Crippen LogP contribution in [0.15, 0.2) is 47.3 Å². The Morgan fingerprint density at radius 3 is 2.81 bits per heavy atom. The average Bonchev–Trinajstić information content (AvgIpc) is 2.83. The van der Waals surface area contributed by atoms with Crippen molar-refractivity contribution in [1.82, 2.24) is 14.9 Å². The van der Waals surface area contributed by atoms with Crippen molar-refractivity contribution in [2.45, 2.75) is 25.7 Å². The molecule has 2 aliphatic heterocycles. The molecule has 0 amide bonds. The third-order valence-electron chi connectivity index (χ3n) is 6.33. The lowest BCUT2D eigenvalue weighted by Gasteiger charge is -2.37. The van der Waals surface area contributed by atoms with Gasteiger partial charge < -0.3 is 19.4 Å². The monoisotopic (exact) mass is 434 g/mol. The first-order valence-electron chi connectivity index (χ1n) is 11.6. The summed E-state index contributed by atoms with van der Waals surface area (Å²) in [7, 11) is 0. The van der Waals surface area contributed by atoms with Gasteiger partial charge in [-0.3, -0.25) is 9.69 Å². The number of aromatic nitrogens is 2. The van der Waals surface area contributed by atoms with Gasteiger partial charge in [-0.2, -0.15) is 4.98 Å². The van der Waals surface area contributed by atoms with Gasteiger partial charge in [0.2, 0.25) is 11.4 Å². The maximum Gasteiger partial charge on any atom is 0.249 e. The van der Waals surface area contributed by atoms with E-state index in [2.05, 4.69) is 38.0 Å². The van der Waals surface area contributed by atoms with Crippen LogP contribution in [0, 0.1) is 0 Å². The second-order valence-electron chi connectivity index (χ2n) is 8.50. The van der Waals surface area contributed by atoms with Crippen molar-refractivity contribution in [2.75, 3.05) is 50.8 Å². The number of unbranched alkanes of at least 4 members (excludes halogenated alkanes) is 1. The molecule has 5 rings (SSSR count). The van der Waals surface area contributed by atoms with Gasteiger partial charge in [-0.05, 0) is 56.5 Å². The van der Waals surface area contributed by atoms with Crippen LogP contribution in [-0.4, -0.2) is 60.8 Å². The van der Waals surface area contributed by atoms with Gasteiger partial charge >= 0.3 is 0 Å². The van der Waals surface area contributed by atoms with E-state index in [1.165, 1.54) is 17.3 Å². The number of nitrogens with zero attached hydrogens (tertiary/aromatic N) is 3. The zero-order chi connectivity index (χ0) is 21.8. The number of anilines is 1. The van der Waals surface area contributed by atoms with Crippen molar-refractivity contribution >= 4 is 16.7 Å². The SMILES string of the molecule is O=c1ccc2ccc(OCCCCN3CCN(c4cccc5c4CCCO5)CC3)nc2[nH]1. The molecule has 4 heterocycles. The number of nitrogens with one attached hydrogen (secondary N) is 1. The number of piperazine rings is 1. The van der Waals surface area contributed by atoms with E-state index in [1.54, 1.807) is 6.07 Å². The molecule has 1 N–H and O–H groups in total. The van der Waals surface area contributed by atoms with Crippen LogP contribution in [-0.2, 0) is 6.42 Å². The molecule has 3 aromatic rings. The fourth-order valence-corrected chi connectivity index (χ4v) is 4.59. The Balaban J connectivity index is 1.05. The predicted molar refractivity (Wildman–Crippen MR) is 126 cm³/mol. The van der Waals surface area contributed by atoms with Gasteiger partial charge in [0.1, 0.15) is 11.4 Å². The lowest BCUT2D eigenvalue weighted by atomic mass is 10.0. The molecular weight excluding hydrogens is 404 g/mol. The zero-order valence-electron chi connectivity index (χ0n) is 18.4. The quantitative estimate of drug-likeness (QED) is 0.576. The molecule has 0 atom stereocenters. The first-order valence-corrected chi connectivity index (χ1v) is 11.6. The lowest BCUT2D eigenvalue weighted by molar-refractivity contribution is 0.236. The molecule has 2 aliphatic rings. The third-order valence-corrected chi connectivity index (χ3v) is 6.33. The summed E-state index contributed by atoms with van der Waals surface area (Å²) in [5.74, 6) is 1.63. The van der Waals surface area contributed by atoms with E-state index in [4.69, 9.17) is 9.47 Å². The second-order valence-corrected chi connectivity index (χ2v) is 8.50. The summed E-state index contributed by atoms with van der Waals surface area (Å²) in [5, 5.41) is 0.902. The molecule has 0 radical (unpaired) electrons. The number of benzene rings is 1. The van der Waals surface area contributed by atoms with Crippen LogP contribution >= 0.6 is 0 Å². The highest BCUT2D eigenvalue weighted by atomic mass is 16.5. The summed E-state index contributed by atoms with van der Waals surface area (Å²) in [6.07, 6.45) is 4.31. The summed E-state index contributed by atoms with van der Waals surface area (Å²) in [6, 6.07) is 13.5. The number of fused-ring (bicyclic) bond motifs is 2. The van der Waals surface area contributed by atoms with Crippen molar-refractivity contribution in [3.8, 4) is 11.6 Å². The summed E-state index contributed by atoms with van der Waals surface area (Å²) in [5.41, 5.74) is 3.16. The topological polar surface area (TPSA) is 70.7 Å². The first-order chi connectivity index (χ1) is 15.8. The Kier molecular flexibility index (Phi) is 6.25. The molecule has 0 aliphatic carbocycles. The fourth-order valence-electron chi connectivity index (χ4n) is 4.59. The molecule has 2 aromatic heterocycles. The molecule has 32 heavy (non-hydrogen) atoms. The number of hydrogen-bond acceptors (Lipinski definition) is 6. The van der Waals surface area contributed by atoms with Gasteiger partial charge in [0, 0.05) is 54.9 Å². The van der Waals surface area contributed by atoms with E-state index in [9.17, 15) is 4.79 Å². The molecule has 1 saturated heterocycles. The smallest absolute Gasteiger partial charge is 0.249 e. The maximum atomic E-state index is 11.5. The Hall–Kier alpha value is -3.06. The normalized spacial score (nSPS) is 16.6. The summed E-state index contributed by atoms with van der Waals surface area (Å²) in [6.45, 7) is 6.86.